The molecule has 1 saturated carbocycles. The number of amides is 1. The number of carbonyl (C=O) groups is 1. The molecule has 7 rings (SSSR count). The van der Waals surface area contributed by atoms with Crippen LogP contribution in [0.3, 0.4) is 0 Å². The maximum Gasteiger partial charge on any atom is 0.252 e. The largest absolute Gasteiger partial charge is 0.496 e. The Hall–Kier alpha value is -3.59. The summed E-state index contributed by atoms with van der Waals surface area (Å²) < 4.78 is 26.1. The van der Waals surface area contributed by atoms with Crippen LogP contribution in [0.25, 0.3) is 5.57 Å². The van der Waals surface area contributed by atoms with Crippen LogP contribution in [0.1, 0.15) is 47.9 Å². The lowest BCUT2D eigenvalue weighted by atomic mass is 9.83. The molecule has 0 unspecified atom stereocenters. The average molecular weight is 645 g/mol. The highest BCUT2D eigenvalue weighted by Gasteiger charge is 2.41. The van der Waals surface area contributed by atoms with Crippen LogP contribution in [-0.2, 0) is 11.3 Å². The van der Waals surface area contributed by atoms with Gasteiger partial charge in [0.1, 0.15) is 11.9 Å². The molecule has 2 bridgehead atoms. The first-order chi connectivity index (χ1) is 22.3. The Morgan fingerprint density at radius 3 is 2.63 bits per heavy atom. The Kier molecular flexibility index (Phi) is 8.70. The molecule has 2 saturated heterocycles. The van der Waals surface area contributed by atoms with Gasteiger partial charge in [-0.3, -0.25) is 4.79 Å². The molecular weight excluding hydrogens is 603 g/mol. The smallest absolute Gasteiger partial charge is 0.252 e. The summed E-state index contributed by atoms with van der Waals surface area (Å²) in [6.45, 7) is 7.56. The fourth-order valence-corrected chi connectivity index (χ4v) is 7.42. The fourth-order valence-electron chi connectivity index (χ4n) is 7.22. The van der Waals surface area contributed by atoms with E-state index in [1.165, 1.54) is 6.07 Å². The minimum absolute atomic E-state index is 0.0346. The van der Waals surface area contributed by atoms with Crippen molar-refractivity contribution in [1.29, 1.82) is 0 Å². The lowest BCUT2D eigenvalue weighted by Crippen LogP contribution is -2.60. The first-order valence-electron chi connectivity index (χ1n) is 16.4. The second-order valence-electron chi connectivity index (χ2n) is 13.1. The third-order valence-corrected chi connectivity index (χ3v) is 10.5. The van der Waals surface area contributed by atoms with Crippen LogP contribution in [0, 0.1) is 19.7 Å². The number of nitrogens with zero attached hydrogens (tertiary/aromatic N) is 2. The van der Waals surface area contributed by atoms with Crippen molar-refractivity contribution >= 4 is 28.8 Å². The van der Waals surface area contributed by atoms with Crippen molar-refractivity contribution < 1.29 is 18.7 Å². The van der Waals surface area contributed by atoms with E-state index in [0.29, 0.717) is 18.1 Å². The summed E-state index contributed by atoms with van der Waals surface area (Å²) in [5, 5.41) is 7.62. The van der Waals surface area contributed by atoms with E-state index in [2.05, 4.69) is 57.7 Å². The van der Waals surface area contributed by atoms with Gasteiger partial charge >= 0.3 is 0 Å². The van der Waals surface area contributed by atoms with E-state index >= 15 is 0 Å². The molecule has 46 heavy (non-hydrogen) atoms. The molecule has 2 N–H and O–H groups in total. The molecule has 0 aromatic heterocycles. The lowest BCUT2D eigenvalue weighted by molar-refractivity contribution is -0.128. The lowest BCUT2D eigenvalue weighted by Gasteiger charge is -2.41. The summed E-state index contributed by atoms with van der Waals surface area (Å²) in [7, 11) is 1.69. The van der Waals surface area contributed by atoms with Gasteiger partial charge in [0.15, 0.2) is 11.6 Å². The van der Waals surface area contributed by atoms with E-state index in [1.54, 1.807) is 13.2 Å². The van der Waals surface area contributed by atoms with E-state index in [1.807, 2.05) is 19.1 Å². The van der Waals surface area contributed by atoms with Crippen molar-refractivity contribution in [1.82, 2.24) is 15.5 Å². The predicted molar refractivity (Wildman–Crippen MR) is 180 cm³/mol. The number of hydrogen-bond donors (Lipinski definition) is 2. The molecule has 3 aromatic rings. The number of halogens is 2. The maximum absolute atomic E-state index is 14.6. The molecule has 1 amide bonds. The van der Waals surface area contributed by atoms with Crippen molar-refractivity contribution in [3.63, 3.8) is 0 Å². The molecule has 3 aliphatic heterocycles. The standard InChI is InChI=1S/C37H42ClFN4O3/c1-22-7-14-31(39)36(35(22)38)46-29-15-16-42(21-29)27-10-8-24(9-11-27)30-17-26-18-40-19-32(41-26)34(30)37(44)43(28-12-13-28)20-25-5-4-6-33(45-3)23(25)2/h4-11,14,26,28-29,32,40-41H,12-13,15-21H2,1-3H3/t26-,29+,32-/m0/s1. The number of rotatable bonds is 9. The predicted octanol–water partition coefficient (Wildman–Crippen LogP) is 6.04. The van der Waals surface area contributed by atoms with E-state index < -0.39 is 5.82 Å². The van der Waals surface area contributed by atoms with Gasteiger partial charge in [-0.15, -0.1) is 0 Å². The molecular formula is C37H42ClFN4O3. The van der Waals surface area contributed by atoms with Crippen LogP contribution in [0.4, 0.5) is 10.1 Å². The van der Waals surface area contributed by atoms with E-state index in [9.17, 15) is 9.18 Å². The number of fused-ring (bicyclic) bond motifs is 2. The number of piperazine rings is 1. The van der Waals surface area contributed by atoms with Crippen molar-refractivity contribution in [2.45, 2.75) is 70.3 Å². The zero-order valence-electron chi connectivity index (χ0n) is 26.7. The quantitative estimate of drug-likeness (QED) is 0.296. The Morgan fingerprint density at radius 2 is 1.87 bits per heavy atom. The molecule has 3 atom stereocenters. The highest BCUT2D eigenvalue weighted by Crippen LogP contribution is 2.38. The first-order valence-corrected chi connectivity index (χ1v) is 16.8. The van der Waals surface area contributed by atoms with Crippen LogP contribution >= 0.6 is 11.6 Å². The summed E-state index contributed by atoms with van der Waals surface area (Å²) in [6.07, 6.45) is 3.49. The highest BCUT2D eigenvalue weighted by molar-refractivity contribution is 6.32. The number of aryl methyl sites for hydroxylation is 1. The normalized spacial score (nSPS) is 22.6. The SMILES string of the molecule is COc1cccc(CN(C(=O)C2=C(c3ccc(N4CC[C@@H](Oc5c(F)ccc(C)c5Cl)C4)cc3)C[C@H]3CNC[C@@H]2N3)C2CC2)c1C. The first kappa shape index (κ1) is 31.0. The topological polar surface area (TPSA) is 66.1 Å². The number of ether oxygens (including phenoxy) is 2. The molecule has 1 aliphatic carbocycles. The van der Waals surface area contributed by atoms with Crippen molar-refractivity contribution in [3.05, 3.63) is 93.3 Å². The van der Waals surface area contributed by atoms with Gasteiger partial charge in [-0.05, 0) is 85.2 Å². The fraction of sp³-hybridized carbons (Fsp3) is 0.432. The molecule has 0 spiro atoms. The molecule has 3 heterocycles. The van der Waals surface area contributed by atoms with Gasteiger partial charge in [-0.2, -0.15) is 0 Å². The summed E-state index contributed by atoms with van der Waals surface area (Å²) >= 11 is 6.37. The summed E-state index contributed by atoms with van der Waals surface area (Å²) in [5.74, 6) is 0.685. The average Bonchev–Trinajstić information content (AvgIpc) is 3.80. The Balaban J connectivity index is 1.13. The van der Waals surface area contributed by atoms with E-state index in [0.717, 1.165) is 90.2 Å². The zero-order valence-corrected chi connectivity index (χ0v) is 27.5. The molecule has 7 nitrogen and oxygen atoms in total. The van der Waals surface area contributed by atoms with E-state index in [-0.39, 0.29) is 35.9 Å². The second-order valence-corrected chi connectivity index (χ2v) is 13.5. The monoisotopic (exact) mass is 644 g/mol. The molecule has 3 aromatic carbocycles. The summed E-state index contributed by atoms with van der Waals surface area (Å²) in [6, 6.07) is 18.3. The summed E-state index contributed by atoms with van der Waals surface area (Å²) in [4.78, 5) is 18.9. The molecule has 3 fully saturated rings. The number of anilines is 1. The van der Waals surface area contributed by atoms with Crippen molar-refractivity contribution in [3.8, 4) is 11.5 Å². The summed E-state index contributed by atoms with van der Waals surface area (Å²) in [5.41, 5.74) is 7.21. The number of nitrogens with one attached hydrogen (secondary N) is 2. The van der Waals surface area contributed by atoms with Crippen molar-refractivity contribution in [2.24, 2.45) is 0 Å². The van der Waals surface area contributed by atoms with Gasteiger partial charge in [-0.25, -0.2) is 4.39 Å². The van der Waals surface area contributed by atoms with Gasteiger partial charge in [0, 0.05) is 55.9 Å². The highest BCUT2D eigenvalue weighted by atomic mass is 35.5. The van der Waals surface area contributed by atoms with Crippen molar-refractivity contribution in [2.75, 3.05) is 38.2 Å². The third kappa shape index (κ3) is 6.10. The minimum atomic E-state index is -0.433. The van der Waals surface area contributed by atoms with Gasteiger partial charge in [0.05, 0.1) is 24.7 Å². The number of methoxy groups -OCH3 is 1. The van der Waals surface area contributed by atoms with Gasteiger partial charge in [0.2, 0.25) is 0 Å². The van der Waals surface area contributed by atoms with Crippen LogP contribution in [0.5, 0.6) is 11.5 Å². The number of hydrogen-bond acceptors (Lipinski definition) is 6. The Labute approximate surface area is 275 Å². The van der Waals surface area contributed by atoms with Crippen LogP contribution < -0.4 is 25.0 Å². The number of benzene rings is 3. The van der Waals surface area contributed by atoms with Crippen LogP contribution in [0.15, 0.2) is 60.2 Å². The molecule has 9 heteroatoms. The Morgan fingerprint density at radius 1 is 1.07 bits per heavy atom. The molecule has 4 aliphatic rings. The maximum atomic E-state index is 14.6. The third-order valence-electron chi connectivity index (χ3n) is 9.99. The second kappa shape index (κ2) is 12.9. The van der Waals surface area contributed by atoms with Gasteiger partial charge in [0.25, 0.3) is 5.91 Å². The van der Waals surface area contributed by atoms with Crippen LogP contribution in [-0.4, -0.2) is 68.3 Å². The van der Waals surface area contributed by atoms with Crippen LogP contribution in [0.2, 0.25) is 5.02 Å². The molecule has 0 radical (unpaired) electrons. The Bertz CT molecular complexity index is 1660. The minimum Gasteiger partial charge on any atom is -0.496 e. The van der Waals surface area contributed by atoms with E-state index in [4.69, 9.17) is 21.1 Å². The number of carbonyl (C=O) groups excluding carboxylic acids is 1. The molecule has 242 valence electrons. The zero-order chi connectivity index (χ0) is 31.9. The van der Waals surface area contributed by atoms with Gasteiger partial charge in [-0.1, -0.05) is 41.9 Å². The van der Waals surface area contributed by atoms with Gasteiger partial charge < -0.3 is 29.9 Å².